The molecule has 2 aromatic carbocycles. The Kier molecular flexibility index (Phi) is 6.95. The number of carbonyl (C=O) groups excluding carboxylic acids is 1. The molecule has 0 bridgehead atoms. The molecule has 2 N–H and O–H groups in total. The van der Waals surface area contributed by atoms with Crippen LogP contribution in [-0.4, -0.2) is 65.1 Å². The second kappa shape index (κ2) is 9.90. The number of rotatable bonds is 7. The summed E-state index contributed by atoms with van der Waals surface area (Å²) >= 11 is 0. The molecule has 34 heavy (non-hydrogen) atoms. The molecule has 4 rings (SSSR count). The standard InChI is InChI=1S/C25H31N3O6/c1-16-23-19(28(27-16)24(30)34-25(2,3)4)8-7-11-22(23)31-14-17(29)12-26-13-18-15-32-20-9-5-6-10-21(20)33-18/h5-11,17-18,26,29H,12-15H2,1-4H3. The van der Waals surface area contributed by atoms with E-state index in [2.05, 4.69) is 10.4 Å². The van der Waals surface area contributed by atoms with Crippen molar-refractivity contribution in [2.24, 2.45) is 0 Å². The molecule has 0 amide bonds. The van der Waals surface area contributed by atoms with Gasteiger partial charge in [-0.3, -0.25) is 0 Å². The van der Waals surface area contributed by atoms with Gasteiger partial charge >= 0.3 is 6.09 Å². The summed E-state index contributed by atoms with van der Waals surface area (Å²) in [7, 11) is 0. The maximum absolute atomic E-state index is 12.6. The summed E-state index contributed by atoms with van der Waals surface area (Å²) in [4.78, 5) is 12.6. The minimum absolute atomic E-state index is 0.0774. The molecule has 2 unspecified atom stereocenters. The van der Waals surface area contributed by atoms with Gasteiger partial charge in [-0.05, 0) is 52.0 Å². The lowest BCUT2D eigenvalue weighted by Crippen LogP contribution is -2.41. The number of aliphatic hydroxyl groups excluding tert-OH is 1. The van der Waals surface area contributed by atoms with Crippen LogP contribution >= 0.6 is 0 Å². The average molecular weight is 470 g/mol. The summed E-state index contributed by atoms with van der Waals surface area (Å²) < 4.78 is 24.2. The molecule has 182 valence electrons. The number of aliphatic hydroxyl groups is 1. The molecule has 2 atom stereocenters. The third kappa shape index (κ3) is 5.60. The van der Waals surface area contributed by atoms with Gasteiger partial charge in [0.25, 0.3) is 0 Å². The third-order valence-electron chi connectivity index (χ3n) is 5.16. The Balaban J connectivity index is 1.31. The van der Waals surface area contributed by atoms with Crippen LogP contribution in [0.25, 0.3) is 10.9 Å². The highest BCUT2D eigenvalue weighted by Gasteiger charge is 2.23. The van der Waals surface area contributed by atoms with Crippen LogP contribution in [0.1, 0.15) is 26.5 Å². The normalized spacial score (nSPS) is 16.3. The fourth-order valence-corrected chi connectivity index (χ4v) is 3.70. The molecule has 3 aromatic rings. The fraction of sp³-hybridized carbons (Fsp3) is 0.440. The number of ether oxygens (including phenoxy) is 4. The molecule has 0 aliphatic carbocycles. The van der Waals surface area contributed by atoms with E-state index in [0.717, 1.165) is 11.5 Å². The number of hydrogen-bond acceptors (Lipinski definition) is 8. The van der Waals surface area contributed by atoms with Crippen LogP contribution in [0.3, 0.4) is 0 Å². The topological polar surface area (TPSA) is 104 Å². The first-order valence-corrected chi connectivity index (χ1v) is 11.3. The summed E-state index contributed by atoms with van der Waals surface area (Å²) in [5, 5.41) is 18.7. The van der Waals surface area contributed by atoms with Crippen molar-refractivity contribution in [1.29, 1.82) is 0 Å². The van der Waals surface area contributed by atoms with Gasteiger partial charge in [-0.15, -0.1) is 0 Å². The molecule has 1 aliphatic rings. The van der Waals surface area contributed by atoms with E-state index in [1.54, 1.807) is 45.9 Å². The Morgan fingerprint density at radius 3 is 2.76 bits per heavy atom. The van der Waals surface area contributed by atoms with Crippen molar-refractivity contribution in [3.8, 4) is 17.2 Å². The molecule has 2 heterocycles. The molecule has 0 spiro atoms. The molecule has 0 saturated heterocycles. The SMILES string of the molecule is Cc1nn(C(=O)OC(C)(C)C)c2cccc(OCC(O)CNCC3COc4ccccc4O3)c12. The van der Waals surface area contributed by atoms with Gasteiger partial charge in [0.05, 0.1) is 16.6 Å². The first-order chi connectivity index (χ1) is 16.2. The van der Waals surface area contributed by atoms with Crippen molar-refractivity contribution >= 4 is 17.0 Å². The fourth-order valence-electron chi connectivity index (χ4n) is 3.70. The molecule has 9 nitrogen and oxygen atoms in total. The highest BCUT2D eigenvalue weighted by molar-refractivity contribution is 5.93. The van der Waals surface area contributed by atoms with Crippen molar-refractivity contribution in [1.82, 2.24) is 15.1 Å². The average Bonchev–Trinajstić information content (AvgIpc) is 3.14. The van der Waals surface area contributed by atoms with E-state index in [4.69, 9.17) is 18.9 Å². The van der Waals surface area contributed by atoms with Crippen molar-refractivity contribution in [2.75, 3.05) is 26.3 Å². The van der Waals surface area contributed by atoms with Crippen LogP contribution in [-0.2, 0) is 4.74 Å². The van der Waals surface area contributed by atoms with E-state index in [0.29, 0.717) is 42.0 Å². The first-order valence-electron chi connectivity index (χ1n) is 11.3. The van der Waals surface area contributed by atoms with Gasteiger partial charge in [0.2, 0.25) is 0 Å². The van der Waals surface area contributed by atoms with Gasteiger partial charge in [0.15, 0.2) is 11.5 Å². The van der Waals surface area contributed by atoms with Crippen molar-refractivity contribution < 1.29 is 28.8 Å². The molecular formula is C25H31N3O6. The summed E-state index contributed by atoms with van der Waals surface area (Å²) in [6.07, 6.45) is -1.44. The van der Waals surface area contributed by atoms with E-state index in [-0.39, 0.29) is 12.7 Å². The lowest BCUT2D eigenvalue weighted by molar-refractivity contribution is 0.0522. The molecule has 1 aliphatic heterocycles. The number of fused-ring (bicyclic) bond motifs is 2. The molecule has 0 fully saturated rings. The van der Waals surface area contributed by atoms with Crippen molar-refractivity contribution in [2.45, 2.75) is 45.5 Å². The van der Waals surface area contributed by atoms with E-state index < -0.39 is 17.8 Å². The Labute approximate surface area is 198 Å². The number of nitrogens with one attached hydrogen (secondary N) is 1. The van der Waals surface area contributed by atoms with Crippen LogP contribution in [0, 0.1) is 6.92 Å². The molecule has 9 heteroatoms. The van der Waals surface area contributed by atoms with Crippen LogP contribution in [0.2, 0.25) is 0 Å². The maximum atomic E-state index is 12.6. The Bertz CT molecular complexity index is 1150. The van der Waals surface area contributed by atoms with Gasteiger partial charge in [-0.2, -0.15) is 9.78 Å². The van der Waals surface area contributed by atoms with E-state index >= 15 is 0 Å². The summed E-state index contributed by atoms with van der Waals surface area (Å²) in [6, 6.07) is 12.9. The second-order valence-electron chi connectivity index (χ2n) is 9.25. The van der Waals surface area contributed by atoms with Crippen LogP contribution in [0.5, 0.6) is 17.2 Å². The van der Waals surface area contributed by atoms with Crippen LogP contribution in [0.15, 0.2) is 42.5 Å². The van der Waals surface area contributed by atoms with Gasteiger partial charge in [-0.1, -0.05) is 18.2 Å². The molecular weight excluding hydrogens is 438 g/mol. The Hall–Kier alpha value is -3.30. The maximum Gasteiger partial charge on any atom is 0.435 e. The highest BCUT2D eigenvalue weighted by atomic mass is 16.6. The number of benzene rings is 2. The minimum atomic E-state index is -0.742. The zero-order valence-corrected chi connectivity index (χ0v) is 19.9. The smallest absolute Gasteiger partial charge is 0.435 e. The largest absolute Gasteiger partial charge is 0.490 e. The highest BCUT2D eigenvalue weighted by Crippen LogP contribution is 2.31. The first kappa shape index (κ1) is 23.8. The molecule has 0 saturated carbocycles. The minimum Gasteiger partial charge on any atom is -0.490 e. The number of para-hydroxylation sites is 2. The molecule has 0 radical (unpaired) electrons. The number of hydrogen-bond donors (Lipinski definition) is 2. The monoisotopic (exact) mass is 469 g/mol. The van der Waals surface area contributed by atoms with Gasteiger partial charge in [-0.25, -0.2) is 4.79 Å². The van der Waals surface area contributed by atoms with E-state index in [9.17, 15) is 9.90 Å². The summed E-state index contributed by atoms with van der Waals surface area (Å²) in [5.41, 5.74) is 0.595. The predicted octanol–water partition coefficient (Wildman–Crippen LogP) is 3.30. The van der Waals surface area contributed by atoms with E-state index in [1.807, 2.05) is 24.3 Å². The zero-order chi connectivity index (χ0) is 24.3. The quantitative estimate of drug-likeness (QED) is 0.543. The number of aryl methyl sites for hydroxylation is 1. The molecule has 1 aromatic heterocycles. The van der Waals surface area contributed by atoms with Crippen LogP contribution < -0.4 is 19.5 Å². The summed E-state index contributed by atoms with van der Waals surface area (Å²) in [6.45, 7) is 8.60. The van der Waals surface area contributed by atoms with Crippen molar-refractivity contribution in [3.63, 3.8) is 0 Å². The Morgan fingerprint density at radius 1 is 1.24 bits per heavy atom. The van der Waals surface area contributed by atoms with Gasteiger partial charge in [0.1, 0.15) is 36.8 Å². The number of carbonyl (C=O) groups is 1. The second-order valence-corrected chi connectivity index (χ2v) is 9.25. The van der Waals surface area contributed by atoms with Crippen molar-refractivity contribution in [3.05, 3.63) is 48.2 Å². The number of nitrogens with zero attached hydrogens (tertiary/aromatic N) is 2. The third-order valence-corrected chi connectivity index (χ3v) is 5.16. The van der Waals surface area contributed by atoms with Crippen LogP contribution in [0.4, 0.5) is 4.79 Å². The van der Waals surface area contributed by atoms with Gasteiger partial charge in [0, 0.05) is 13.1 Å². The van der Waals surface area contributed by atoms with Gasteiger partial charge < -0.3 is 29.4 Å². The number of aromatic nitrogens is 2. The lowest BCUT2D eigenvalue weighted by atomic mass is 10.2. The summed E-state index contributed by atoms with van der Waals surface area (Å²) in [5.74, 6) is 2.01. The predicted molar refractivity (Wildman–Crippen MR) is 127 cm³/mol. The lowest BCUT2D eigenvalue weighted by Gasteiger charge is -2.27. The Morgan fingerprint density at radius 2 is 2.00 bits per heavy atom. The zero-order valence-electron chi connectivity index (χ0n) is 19.9. The van der Waals surface area contributed by atoms with E-state index in [1.165, 1.54) is 4.68 Å².